The number of hydrogen-bond acceptors (Lipinski definition) is 4. The monoisotopic (exact) mass is 261 g/mol. The third-order valence-electron chi connectivity index (χ3n) is 2.31. The highest BCUT2D eigenvalue weighted by Gasteiger charge is 2.05. The molecule has 0 aliphatic carbocycles. The van der Waals surface area contributed by atoms with Crippen LogP contribution in [0.15, 0.2) is 35.3 Å². The summed E-state index contributed by atoms with van der Waals surface area (Å²) in [5.74, 6) is 0. The van der Waals surface area contributed by atoms with Gasteiger partial charge in [0, 0.05) is 17.3 Å². The van der Waals surface area contributed by atoms with Gasteiger partial charge >= 0.3 is 0 Å². The van der Waals surface area contributed by atoms with Gasteiger partial charge in [0.2, 0.25) is 5.43 Å². The standard InChI is InChI=1S/C12H8ClN3O2/c13-9-3-8(6-14)4-10(5-9)16-2-1-12(18)11(7-17)15-16/h1-5,17H,7H2. The van der Waals surface area contributed by atoms with Gasteiger partial charge in [-0.05, 0) is 18.2 Å². The lowest BCUT2D eigenvalue weighted by atomic mass is 10.2. The molecule has 0 unspecified atom stereocenters. The minimum Gasteiger partial charge on any atom is -0.390 e. The number of rotatable bonds is 2. The van der Waals surface area contributed by atoms with Gasteiger partial charge in [-0.1, -0.05) is 11.6 Å². The Kier molecular flexibility index (Phi) is 3.42. The summed E-state index contributed by atoms with van der Waals surface area (Å²) < 4.78 is 1.39. The molecule has 18 heavy (non-hydrogen) atoms. The molecule has 1 aromatic carbocycles. The molecule has 1 N–H and O–H groups in total. The summed E-state index contributed by atoms with van der Waals surface area (Å²) in [5.41, 5.74) is 0.643. The fraction of sp³-hybridized carbons (Fsp3) is 0.0833. The van der Waals surface area contributed by atoms with Crippen molar-refractivity contribution < 1.29 is 5.11 Å². The summed E-state index contributed by atoms with van der Waals surface area (Å²) in [7, 11) is 0. The Labute approximate surface area is 107 Å². The summed E-state index contributed by atoms with van der Waals surface area (Å²) in [5, 5.41) is 22.2. The van der Waals surface area contributed by atoms with E-state index in [9.17, 15) is 4.79 Å². The summed E-state index contributed by atoms with van der Waals surface area (Å²) in [6, 6.07) is 8.01. The summed E-state index contributed by atoms with van der Waals surface area (Å²) in [6.45, 7) is -0.439. The molecular weight excluding hydrogens is 254 g/mol. The van der Waals surface area contributed by atoms with Crippen LogP contribution in [0.5, 0.6) is 0 Å². The molecule has 0 saturated carbocycles. The first kappa shape index (κ1) is 12.3. The number of aliphatic hydroxyl groups excluding tert-OH is 1. The predicted octanol–water partition coefficient (Wildman–Crippen LogP) is 1.25. The van der Waals surface area contributed by atoms with Gasteiger partial charge < -0.3 is 5.11 Å². The first-order valence-electron chi connectivity index (χ1n) is 5.05. The Hall–Kier alpha value is -2.16. The minimum absolute atomic E-state index is 0.0379. The highest BCUT2D eigenvalue weighted by atomic mass is 35.5. The van der Waals surface area contributed by atoms with Crippen LogP contribution in [0.25, 0.3) is 5.69 Å². The van der Waals surface area contributed by atoms with E-state index in [1.54, 1.807) is 12.1 Å². The van der Waals surface area contributed by atoms with Crippen LogP contribution in [0.4, 0.5) is 0 Å². The van der Waals surface area contributed by atoms with Gasteiger partial charge in [0.15, 0.2) is 0 Å². The molecule has 90 valence electrons. The van der Waals surface area contributed by atoms with Crippen LogP contribution >= 0.6 is 11.6 Å². The van der Waals surface area contributed by atoms with Gasteiger partial charge in [0.25, 0.3) is 0 Å². The Morgan fingerprint density at radius 3 is 2.89 bits per heavy atom. The molecule has 0 saturated heterocycles. The molecule has 5 nitrogen and oxygen atoms in total. The van der Waals surface area contributed by atoms with E-state index in [1.165, 1.54) is 23.0 Å². The first-order valence-corrected chi connectivity index (χ1v) is 5.42. The third kappa shape index (κ3) is 2.40. The lowest BCUT2D eigenvalue weighted by molar-refractivity contribution is 0.273. The highest BCUT2D eigenvalue weighted by molar-refractivity contribution is 6.30. The molecule has 0 radical (unpaired) electrons. The molecule has 0 aliphatic rings. The average Bonchev–Trinajstić information content (AvgIpc) is 2.38. The van der Waals surface area contributed by atoms with Gasteiger partial charge in [-0.25, -0.2) is 4.68 Å². The maximum atomic E-state index is 11.3. The number of aliphatic hydroxyl groups is 1. The van der Waals surface area contributed by atoms with Crippen molar-refractivity contribution >= 4 is 11.6 Å². The first-order chi connectivity index (χ1) is 8.63. The van der Waals surface area contributed by atoms with Crippen molar-refractivity contribution in [1.82, 2.24) is 9.78 Å². The van der Waals surface area contributed by atoms with Crippen LogP contribution < -0.4 is 5.43 Å². The topological polar surface area (TPSA) is 78.9 Å². The van der Waals surface area contributed by atoms with Crippen molar-refractivity contribution in [2.24, 2.45) is 0 Å². The van der Waals surface area contributed by atoms with Crippen LogP contribution in [0.1, 0.15) is 11.3 Å². The van der Waals surface area contributed by atoms with Crippen LogP contribution in [-0.4, -0.2) is 14.9 Å². The predicted molar refractivity (Wildman–Crippen MR) is 65.5 cm³/mol. The number of nitriles is 1. The van der Waals surface area contributed by atoms with Gasteiger partial charge in [-0.3, -0.25) is 4.79 Å². The fourth-order valence-corrected chi connectivity index (χ4v) is 1.70. The second-order valence-electron chi connectivity index (χ2n) is 3.54. The van der Waals surface area contributed by atoms with E-state index in [-0.39, 0.29) is 11.1 Å². The Bertz CT molecular complexity index is 688. The van der Waals surface area contributed by atoms with E-state index >= 15 is 0 Å². The molecule has 2 rings (SSSR count). The van der Waals surface area contributed by atoms with Crippen LogP contribution in [-0.2, 0) is 6.61 Å². The van der Waals surface area contributed by atoms with Crippen molar-refractivity contribution in [3.63, 3.8) is 0 Å². The molecule has 0 amide bonds. The molecule has 2 aromatic rings. The summed E-state index contributed by atoms with van der Waals surface area (Å²) in [4.78, 5) is 11.3. The SMILES string of the molecule is N#Cc1cc(Cl)cc(-n2ccc(=O)c(CO)n2)c1. The van der Waals surface area contributed by atoms with Gasteiger partial charge in [0.1, 0.15) is 5.69 Å². The van der Waals surface area contributed by atoms with Crippen LogP contribution in [0.3, 0.4) is 0 Å². The molecule has 1 heterocycles. The quantitative estimate of drug-likeness (QED) is 0.882. The lowest BCUT2D eigenvalue weighted by Gasteiger charge is -2.07. The zero-order valence-corrected chi connectivity index (χ0v) is 9.92. The van der Waals surface area contributed by atoms with E-state index in [1.807, 2.05) is 6.07 Å². The van der Waals surface area contributed by atoms with E-state index < -0.39 is 6.61 Å². The van der Waals surface area contributed by atoms with Crippen molar-refractivity contribution in [3.05, 3.63) is 57.0 Å². The maximum absolute atomic E-state index is 11.3. The zero-order chi connectivity index (χ0) is 13.1. The number of nitrogens with zero attached hydrogens (tertiary/aromatic N) is 3. The number of hydrogen-bond donors (Lipinski definition) is 1. The van der Waals surface area contributed by atoms with Crippen molar-refractivity contribution in [1.29, 1.82) is 5.26 Å². The lowest BCUT2D eigenvalue weighted by Crippen LogP contribution is -2.15. The second-order valence-corrected chi connectivity index (χ2v) is 3.98. The van der Waals surface area contributed by atoms with Crippen LogP contribution in [0.2, 0.25) is 5.02 Å². The molecular formula is C12H8ClN3O2. The van der Waals surface area contributed by atoms with E-state index in [0.717, 1.165) is 0 Å². The molecule has 0 bridgehead atoms. The minimum atomic E-state index is -0.439. The maximum Gasteiger partial charge on any atom is 0.205 e. The normalized spacial score (nSPS) is 10.1. The van der Waals surface area contributed by atoms with E-state index in [2.05, 4.69) is 5.10 Å². The van der Waals surface area contributed by atoms with E-state index in [0.29, 0.717) is 16.3 Å². The number of aromatic nitrogens is 2. The molecule has 0 fully saturated rings. The summed E-state index contributed by atoms with van der Waals surface area (Å²) >= 11 is 5.88. The number of halogens is 1. The average molecular weight is 262 g/mol. The molecule has 1 aromatic heterocycles. The van der Waals surface area contributed by atoms with Crippen molar-refractivity contribution in [2.75, 3.05) is 0 Å². The smallest absolute Gasteiger partial charge is 0.205 e. The third-order valence-corrected chi connectivity index (χ3v) is 2.52. The Morgan fingerprint density at radius 2 is 2.22 bits per heavy atom. The second kappa shape index (κ2) is 5.00. The molecule has 6 heteroatoms. The van der Waals surface area contributed by atoms with Crippen LogP contribution in [0, 0.1) is 11.3 Å². The number of benzene rings is 1. The van der Waals surface area contributed by atoms with E-state index in [4.69, 9.17) is 22.0 Å². The molecule has 0 aliphatic heterocycles. The largest absolute Gasteiger partial charge is 0.390 e. The molecule has 0 atom stereocenters. The molecule has 0 spiro atoms. The zero-order valence-electron chi connectivity index (χ0n) is 9.17. The van der Waals surface area contributed by atoms with Gasteiger partial charge in [-0.2, -0.15) is 10.4 Å². The van der Waals surface area contributed by atoms with Gasteiger partial charge in [0.05, 0.1) is 23.9 Å². The fourth-order valence-electron chi connectivity index (χ4n) is 1.47. The highest BCUT2D eigenvalue weighted by Crippen LogP contribution is 2.17. The Balaban J connectivity index is 2.59. The Morgan fingerprint density at radius 1 is 1.44 bits per heavy atom. The van der Waals surface area contributed by atoms with Gasteiger partial charge in [-0.15, -0.1) is 0 Å². The summed E-state index contributed by atoms with van der Waals surface area (Å²) in [6.07, 6.45) is 1.45. The van der Waals surface area contributed by atoms with Crippen molar-refractivity contribution in [3.8, 4) is 11.8 Å². The van der Waals surface area contributed by atoms with Crippen molar-refractivity contribution in [2.45, 2.75) is 6.61 Å².